The largest absolute Gasteiger partial charge is 0.431 e. The predicted octanol–water partition coefficient (Wildman–Crippen LogP) is 5.22. The summed E-state index contributed by atoms with van der Waals surface area (Å²) in [6, 6.07) is 13.7. The Labute approximate surface area is 156 Å². The molecule has 130 valence electrons. The van der Waals surface area contributed by atoms with E-state index < -0.39 is 0 Å². The smallest absolute Gasteiger partial charge is 0.278 e. The Balaban J connectivity index is 1.38. The van der Waals surface area contributed by atoms with Gasteiger partial charge in [-0.1, -0.05) is 23.5 Å². The van der Waals surface area contributed by atoms with Crippen molar-refractivity contribution in [2.24, 2.45) is 0 Å². The Bertz CT molecular complexity index is 1040. The number of nitrogens with one attached hydrogen (secondary N) is 1. The van der Waals surface area contributed by atoms with E-state index in [2.05, 4.69) is 10.3 Å². The van der Waals surface area contributed by atoms with E-state index in [9.17, 15) is 9.18 Å². The van der Waals surface area contributed by atoms with Crippen LogP contribution in [0.15, 0.2) is 60.1 Å². The normalized spacial score (nSPS) is 10.8. The molecule has 0 aliphatic heterocycles. The van der Waals surface area contributed by atoms with E-state index in [0.717, 1.165) is 15.6 Å². The molecular weight excluding hydrogens is 371 g/mol. The van der Waals surface area contributed by atoms with Crippen molar-refractivity contribution in [3.8, 4) is 10.9 Å². The van der Waals surface area contributed by atoms with Crippen molar-refractivity contribution in [1.29, 1.82) is 0 Å². The van der Waals surface area contributed by atoms with Gasteiger partial charge in [-0.15, -0.1) is 11.3 Å². The highest BCUT2D eigenvalue weighted by molar-refractivity contribution is 7.20. The van der Waals surface area contributed by atoms with E-state index in [1.54, 1.807) is 18.3 Å². The van der Waals surface area contributed by atoms with Gasteiger partial charge in [0, 0.05) is 22.8 Å². The lowest BCUT2D eigenvalue weighted by Gasteiger charge is -2.05. The monoisotopic (exact) mass is 384 g/mol. The first-order valence-corrected chi connectivity index (χ1v) is 9.50. The van der Waals surface area contributed by atoms with Gasteiger partial charge in [0.05, 0.1) is 4.88 Å². The fourth-order valence-corrected chi connectivity index (χ4v) is 3.90. The second kappa shape index (κ2) is 7.23. The molecule has 0 fully saturated rings. The number of thiazole rings is 1. The van der Waals surface area contributed by atoms with E-state index >= 15 is 0 Å². The lowest BCUT2D eigenvalue weighted by molar-refractivity contribution is 0.0955. The van der Waals surface area contributed by atoms with Gasteiger partial charge in [0.1, 0.15) is 11.6 Å². The van der Waals surface area contributed by atoms with Crippen LogP contribution in [0, 0.1) is 5.82 Å². The second-order valence-corrected chi connectivity index (χ2v) is 7.46. The van der Waals surface area contributed by atoms with E-state index in [0.29, 0.717) is 22.4 Å². The van der Waals surface area contributed by atoms with Crippen LogP contribution < -0.4 is 10.1 Å². The molecule has 0 spiro atoms. The zero-order chi connectivity index (χ0) is 17.9. The molecule has 0 saturated carbocycles. The first-order chi connectivity index (χ1) is 12.7. The first-order valence-electron chi connectivity index (χ1n) is 7.81. The molecule has 2 heterocycles. The first kappa shape index (κ1) is 16.7. The number of aromatic nitrogens is 1. The molecule has 4 aromatic rings. The molecule has 26 heavy (non-hydrogen) atoms. The summed E-state index contributed by atoms with van der Waals surface area (Å²) in [5, 5.41) is 6.06. The standard InChI is InChI=1S/C19H13FN2O2S2/c20-14-3-6-16-13(9-14)10-17(26-16)18(23)22-11-12-1-4-15(5-2-12)24-19-21-7-8-25-19/h1-10H,11H2,(H,22,23). The molecule has 1 N–H and O–H groups in total. The number of benzene rings is 2. The molecule has 1 amide bonds. The van der Waals surface area contributed by atoms with Gasteiger partial charge in [0.25, 0.3) is 11.1 Å². The number of hydrogen-bond acceptors (Lipinski definition) is 5. The van der Waals surface area contributed by atoms with Gasteiger partial charge in [-0.3, -0.25) is 4.79 Å². The summed E-state index contributed by atoms with van der Waals surface area (Å²) in [5.74, 6) is 0.221. The Morgan fingerprint density at radius 1 is 1.15 bits per heavy atom. The number of carbonyl (C=O) groups is 1. The van der Waals surface area contributed by atoms with Crippen LogP contribution in [-0.2, 0) is 6.54 Å². The van der Waals surface area contributed by atoms with Crippen molar-refractivity contribution >= 4 is 38.7 Å². The van der Waals surface area contributed by atoms with Gasteiger partial charge < -0.3 is 10.1 Å². The number of halogens is 1. The average molecular weight is 384 g/mol. The van der Waals surface area contributed by atoms with Crippen molar-refractivity contribution in [2.45, 2.75) is 6.54 Å². The quantitative estimate of drug-likeness (QED) is 0.513. The number of amides is 1. The third-order valence-corrected chi connectivity index (χ3v) is 5.46. The fraction of sp³-hybridized carbons (Fsp3) is 0.0526. The lowest BCUT2D eigenvalue weighted by atomic mass is 10.2. The van der Waals surface area contributed by atoms with Crippen molar-refractivity contribution in [2.75, 3.05) is 0 Å². The summed E-state index contributed by atoms with van der Waals surface area (Å²) >= 11 is 2.77. The molecule has 0 radical (unpaired) electrons. The molecule has 0 aliphatic carbocycles. The van der Waals surface area contributed by atoms with Crippen LogP contribution in [0.2, 0.25) is 0 Å². The number of ether oxygens (including phenoxy) is 1. The van der Waals surface area contributed by atoms with Gasteiger partial charge in [-0.2, -0.15) is 0 Å². The van der Waals surface area contributed by atoms with Crippen LogP contribution in [0.1, 0.15) is 15.2 Å². The molecule has 4 rings (SSSR count). The maximum atomic E-state index is 13.3. The molecular formula is C19H13FN2O2S2. The average Bonchev–Trinajstić information content (AvgIpc) is 3.30. The number of nitrogens with zero attached hydrogens (tertiary/aromatic N) is 1. The molecule has 0 unspecified atom stereocenters. The van der Waals surface area contributed by atoms with Gasteiger partial charge in [-0.25, -0.2) is 9.37 Å². The predicted molar refractivity (Wildman–Crippen MR) is 102 cm³/mol. The summed E-state index contributed by atoms with van der Waals surface area (Å²) < 4.78 is 19.8. The number of thiophene rings is 1. The SMILES string of the molecule is O=C(NCc1ccc(Oc2nccs2)cc1)c1cc2cc(F)ccc2s1. The van der Waals surface area contributed by atoms with Crippen molar-refractivity contribution in [3.05, 3.63) is 76.4 Å². The summed E-state index contributed by atoms with van der Waals surface area (Å²) in [6.07, 6.45) is 1.69. The maximum absolute atomic E-state index is 13.3. The van der Waals surface area contributed by atoms with Crippen molar-refractivity contribution < 1.29 is 13.9 Å². The lowest BCUT2D eigenvalue weighted by Crippen LogP contribution is -2.21. The highest BCUT2D eigenvalue weighted by Crippen LogP contribution is 2.26. The van der Waals surface area contributed by atoms with Crippen LogP contribution in [0.3, 0.4) is 0 Å². The summed E-state index contributed by atoms with van der Waals surface area (Å²) in [4.78, 5) is 17.0. The van der Waals surface area contributed by atoms with Crippen LogP contribution in [-0.4, -0.2) is 10.9 Å². The van der Waals surface area contributed by atoms with E-state index in [4.69, 9.17) is 4.74 Å². The van der Waals surface area contributed by atoms with E-state index in [-0.39, 0.29) is 11.7 Å². The Kier molecular flexibility index (Phi) is 4.64. The van der Waals surface area contributed by atoms with Crippen LogP contribution in [0.25, 0.3) is 10.1 Å². The fourth-order valence-electron chi connectivity index (χ4n) is 2.43. The number of carbonyl (C=O) groups excluding carboxylic acids is 1. The third kappa shape index (κ3) is 3.74. The molecule has 2 aromatic heterocycles. The molecule has 0 bridgehead atoms. The summed E-state index contributed by atoms with van der Waals surface area (Å²) in [6.45, 7) is 0.402. The minimum absolute atomic E-state index is 0.172. The molecule has 2 aromatic carbocycles. The molecule has 0 saturated heterocycles. The number of fused-ring (bicyclic) bond motifs is 1. The van der Waals surface area contributed by atoms with Crippen LogP contribution >= 0.6 is 22.7 Å². The summed E-state index contributed by atoms with van der Waals surface area (Å²) in [5.41, 5.74) is 0.956. The zero-order valence-corrected chi connectivity index (χ0v) is 15.1. The van der Waals surface area contributed by atoms with Gasteiger partial charge in [0.15, 0.2) is 0 Å². The van der Waals surface area contributed by atoms with Crippen molar-refractivity contribution in [1.82, 2.24) is 10.3 Å². The maximum Gasteiger partial charge on any atom is 0.278 e. The topological polar surface area (TPSA) is 51.2 Å². The Hall–Kier alpha value is -2.77. The molecule has 7 heteroatoms. The Morgan fingerprint density at radius 2 is 2.00 bits per heavy atom. The summed E-state index contributed by atoms with van der Waals surface area (Å²) in [7, 11) is 0. The highest BCUT2D eigenvalue weighted by Gasteiger charge is 2.10. The Morgan fingerprint density at radius 3 is 2.77 bits per heavy atom. The zero-order valence-electron chi connectivity index (χ0n) is 13.4. The molecule has 0 atom stereocenters. The molecule has 0 aliphatic rings. The highest BCUT2D eigenvalue weighted by atomic mass is 32.1. The van der Waals surface area contributed by atoms with Gasteiger partial charge >= 0.3 is 0 Å². The van der Waals surface area contributed by atoms with E-state index in [1.165, 1.54) is 34.8 Å². The van der Waals surface area contributed by atoms with Crippen molar-refractivity contribution in [3.63, 3.8) is 0 Å². The van der Waals surface area contributed by atoms with Gasteiger partial charge in [0.2, 0.25) is 0 Å². The molecule has 4 nitrogen and oxygen atoms in total. The number of hydrogen-bond donors (Lipinski definition) is 1. The van der Waals surface area contributed by atoms with Crippen LogP contribution in [0.4, 0.5) is 4.39 Å². The number of rotatable bonds is 5. The van der Waals surface area contributed by atoms with E-state index in [1.807, 2.05) is 29.6 Å². The second-order valence-electron chi connectivity index (χ2n) is 5.52. The third-order valence-electron chi connectivity index (χ3n) is 3.69. The minimum atomic E-state index is -0.303. The van der Waals surface area contributed by atoms with Gasteiger partial charge in [-0.05, 0) is 47.3 Å². The van der Waals surface area contributed by atoms with Crippen LogP contribution in [0.5, 0.6) is 10.9 Å². The minimum Gasteiger partial charge on any atom is -0.431 e.